The van der Waals surface area contributed by atoms with Gasteiger partial charge in [-0.15, -0.1) is 0 Å². The number of esters is 1. The van der Waals surface area contributed by atoms with Crippen molar-refractivity contribution in [3.63, 3.8) is 0 Å². The summed E-state index contributed by atoms with van der Waals surface area (Å²) < 4.78 is 46.9. The van der Waals surface area contributed by atoms with Gasteiger partial charge in [0.15, 0.2) is 0 Å². The van der Waals surface area contributed by atoms with E-state index in [4.69, 9.17) is 18.8 Å². The molecule has 31 heavy (non-hydrogen) atoms. The first-order valence-electron chi connectivity index (χ1n) is 9.69. The van der Waals surface area contributed by atoms with E-state index in [-0.39, 0.29) is 25.5 Å². The molecule has 3 atom stereocenters. The Kier molecular flexibility index (Phi) is 8.62. The Hall–Kier alpha value is -2.41. The molecular weight excluding hydrogens is 432 g/mol. The molecule has 4 N–H and O–H groups in total. The van der Waals surface area contributed by atoms with Gasteiger partial charge < -0.3 is 30.0 Å². The third-order valence-corrected chi connectivity index (χ3v) is 4.69. The van der Waals surface area contributed by atoms with Gasteiger partial charge in [-0.25, -0.2) is 0 Å². The van der Waals surface area contributed by atoms with E-state index < -0.39 is 46.4 Å². The van der Waals surface area contributed by atoms with Crippen molar-refractivity contribution in [2.45, 2.75) is 64.8 Å². The summed E-state index contributed by atoms with van der Waals surface area (Å²) in [6, 6.07) is 5.26. The maximum absolute atomic E-state index is 12.2. The van der Waals surface area contributed by atoms with Gasteiger partial charge >= 0.3 is 5.97 Å². The van der Waals surface area contributed by atoms with Gasteiger partial charge in [-0.1, -0.05) is 6.07 Å². The van der Waals surface area contributed by atoms with Crippen LogP contribution in [0.4, 0.5) is 5.69 Å². The first-order chi connectivity index (χ1) is 14.4. The number of aliphatic hydroxyl groups is 1. The first kappa shape index (κ1) is 24.9. The number of hydrogen-bond acceptors (Lipinski definition) is 9. The van der Waals surface area contributed by atoms with E-state index in [9.17, 15) is 23.1 Å². The zero-order chi connectivity index (χ0) is 23.2. The molecular formula is C19H28N2O9S. The molecule has 1 aliphatic heterocycles. The molecule has 0 aliphatic carbocycles. The molecule has 2 rings (SSSR count). The Labute approximate surface area is 180 Å². The minimum Gasteiger partial charge on any atom is -0.463 e. The second-order valence-electron chi connectivity index (χ2n) is 7.47. The van der Waals surface area contributed by atoms with Gasteiger partial charge in [-0.3, -0.25) is 14.1 Å². The lowest BCUT2D eigenvalue weighted by atomic mass is 10.0. The molecule has 1 saturated heterocycles. The van der Waals surface area contributed by atoms with Gasteiger partial charge in [0.05, 0.1) is 11.8 Å². The van der Waals surface area contributed by atoms with E-state index in [0.29, 0.717) is 17.0 Å². The van der Waals surface area contributed by atoms with Gasteiger partial charge in [-0.05, 0) is 31.5 Å². The maximum Gasteiger partial charge on any atom is 0.302 e. The Bertz CT molecular complexity index is 888. The zero-order valence-electron chi connectivity index (χ0n) is 17.5. The minimum atomic E-state index is -4.39. The van der Waals surface area contributed by atoms with E-state index in [1.165, 1.54) is 6.92 Å². The SMILES string of the molecule is CC(=O)OCc1ccc(NC(C)C)c(OC2CC(O)CC(C(=O)NCS(=O)(=O)O)O2)c1. The van der Waals surface area contributed by atoms with Crippen LogP contribution in [0.25, 0.3) is 0 Å². The number of rotatable bonds is 9. The van der Waals surface area contributed by atoms with Gasteiger partial charge in [0.25, 0.3) is 10.1 Å². The standard InChI is InChI=1S/C19H28N2O9S/c1-11(2)21-15-5-4-13(9-28-12(3)22)6-16(15)29-18-8-14(23)7-17(30-18)19(24)20-10-31(25,26)27/h4-6,11,14,17-18,21,23H,7-10H2,1-3H3,(H,20,24)(H,25,26,27). The zero-order valence-corrected chi connectivity index (χ0v) is 18.3. The molecule has 1 fully saturated rings. The highest BCUT2D eigenvalue weighted by Gasteiger charge is 2.34. The molecule has 1 aromatic rings. The summed E-state index contributed by atoms with van der Waals surface area (Å²) >= 11 is 0. The normalized spacial score (nSPS) is 21.4. The summed E-state index contributed by atoms with van der Waals surface area (Å²) in [4.78, 5) is 23.2. The molecule has 12 heteroatoms. The Morgan fingerprint density at radius 1 is 1.29 bits per heavy atom. The fourth-order valence-corrected chi connectivity index (χ4v) is 3.22. The first-order valence-corrected chi connectivity index (χ1v) is 11.3. The molecule has 0 saturated carbocycles. The van der Waals surface area contributed by atoms with E-state index in [2.05, 4.69) is 5.32 Å². The van der Waals surface area contributed by atoms with Crippen molar-refractivity contribution in [1.82, 2.24) is 5.32 Å². The highest BCUT2D eigenvalue weighted by Crippen LogP contribution is 2.31. The van der Waals surface area contributed by atoms with Crippen molar-refractivity contribution in [2.24, 2.45) is 0 Å². The van der Waals surface area contributed by atoms with Crippen molar-refractivity contribution in [2.75, 3.05) is 11.2 Å². The van der Waals surface area contributed by atoms with Gasteiger partial charge in [0.2, 0.25) is 12.2 Å². The number of nitrogens with one attached hydrogen (secondary N) is 2. The lowest BCUT2D eigenvalue weighted by Gasteiger charge is -2.33. The molecule has 11 nitrogen and oxygen atoms in total. The second-order valence-corrected chi connectivity index (χ2v) is 8.93. The Morgan fingerprint density at radius 2 is 2.00 bits per heavy atom. The highest BCUT2D eigenvalue weighted by atomic mass is 32.2. The maximum atomic E-state index is 12.2. The van der Waals surface area contributed by atoms with Gasteiger partial charge in [-0.2, -0.15) is 8.42 Å². The molecule has 0 bridgehead atoms. The average molecular weight is 461 g/mol. The van der Waals surface area contributed by atoms with E-state index >= 15 is 0 Å². The van der Waals surface area contributed by atoms with Crippen LogP contribution in [-0.2, 0) is 35.8 Å². The van der Waals surface area contributed by atoms with Gasteiger partial charge in [0.1, 0.15) is 24.3 Å². The van der Waals surface area contributed by atoms with Crippen molar-refractivity contribution in [3.8, 4) is 5.75 Å². The molecule has 1 aromatic carbocycles. The number of aliphatic hydroxyl groups excluding tert-OH is 1. The largest absolute Gasteiger partial charge is 0.463 e. The third kappa shape index (κ3) is 8.69. The molecule has 0 spiro atoms. The quantitative estimate of drug-likeness (QED) is 0.306. The van der Waals surface area contributed by atoms with Crippen LogP contribution in [0.2, 0.25) is 0 Å². The third-order valence-electron chi connectivity index (χ3n) is 4.18. The number of anilines is 1. The van der Waals surface area contributed by atoms with Crippen molar-refractivity contribution in [1.29, 1.82) is 0 Å². The average Bonchev–Trinajstić information content (AvgIpc) is 2.64. The Morgan fingerprint density at radius 3 is 2.61 bits per heavy atom. The number of carbonyl (C=O) groups excluding carboxylic acids is 2. The molecule has 1 heterocycles. The van der Waals surface area contributed by atoms with Gasteiger partial charge in [0, 0.05) is 25.8 Å². The predicted octanol–water partition coefficient (Wildman–Crippen LogP) is 0.776. The number of hydrogen-bond donors (Lipinski definition) is 4. The lowest BCUT2D eigenvalue weighted by Crippen LogP contribution is -2.47. The fourth-order valence-electron chi connectivity index (χ4n) is 2.89. The van der Waals surface area contributed by atoms with Crippen LogP contribution in [0.5, 0.6) is 5.75 Å². The molecule has 0 radical (unpaired) electrons. The predicted molar refractivity (Wildman–Crippen MR) is 110 cm³/mol. The Balaban J connectivity index is 2.14. The highest BCUT2D eigenvalue weighted by molar-refractivity contribution is 7.85. The van der Waals surface area contributed by atoms with Crippen LogP contribution in [0.15, 0.2) is 18.2 Å². The number of carbonyl (C=O) groups is 2. The number of amides is 1. The van der Waals surface area contributed by atoms with Crippen molar-refractivity contribution >= 4 is 27.7 Å². The fraction of sp³-hybridized carbons (Fsp3) is 0.579. The van der Waals surface area contributed by atoms with Crippen LogP contribution in [-0.4, -0.2) is 60.4 Å². The summed E-state index contributed by atoms with van der Waals surface area (Å²) in [5, 5.41) is 15.4. The second kappa shape index (κ2) is 10.8. The summed E-state index contributed by atoms with van der Waals surface area (Å²) in [5.74, 6) is -1.82. The molecule has 174 valence electrons. The number of benzene rings is 1. The van der Waals surface area contributed by atoms with E-state index in [1.807, 2.05) is 19.2 Å². The van der Waals surface area contributed by atoms with Crippen LogP contribution in [0.1, 0.15) is 39.2 Å². The van der Waals surface area contributed by atoms with Crippen LogP contribution >= 0.6 is 0 Å². The lowest BCUT2D eigenvalue weighted by molar-refractivity contribution is -0.184. The monoisotopic (exact) mass is 460 g/mol. The smallest absolute Gasteiger partial charge is 0.302 e. The van der Waals surface area contributed by atoms with E-state index in [1.54, 1.807) is 18.2 Å². The summed E-state index contributed by atoms with van der Waals surface area (Å²) in [5.41, 5.74) is 1.30. The topological polar surface area (TPSA) is 160 Å². The van der Waals surface area contributed by atoms with Crippen LogP contribution in [0.3, 0.4) is 0 Å². The molecule has 1 aliphatic rings. The molecule has 1 amide bonds. The minimum absolute atomic E-state index is 0.0441. The summed E-state index contributed by atoms with van der Waals surface area (Å²) in [6.07, 6.45) is -3.06. The summed E-state index contributed by atoms with van der Waals surface area (Å²) in [6.45, 7) is 5.22. The van der Waals surface area contributed by atoms with Crippen molar-refractivity contribution < 1.29 is 41.9 Å². The molecule has 0 aromatic heterocycles. The van der Waals surface area contributed by atoms with Crippen LogP contribution < -0.4 is 15.4 Å². The number of ether oxygens (including phenoxy) is 3. The van der Waals surface area contributed by atoms with E-state index in [0.717, 1.165) is 0 Å². The summed E-state index contributed by atoms with van der Waals surface area (Å²) in [7, 11) is -4.39. The van der Waals surface area contributed by atoms with Crippen molar-refractivity contribution in [3.05, 3.63) is 23.8 Å². The molecule has 3 unspecified atom stereocenters. The van der Waals surface area contributed by atoms with Crippen LogP contribution in [0, 0.1) is 0 Å².